The molecule has 1 aliphatic heterocycles. The average molecular weight is 398 g/mol. The smallest absolute Gasteiger partial charge is 0.318 e. The first-order valence-electron chi connectivity index (χ1n) is 9.46. The van der Waals surface area contributed by atoms with E-state index in [4.69, 9.17) is 4.42 Å². The lowest BCUT2D eigenvalue weighted by Gasteiger charge is -2.33. The van der Waals surface area contributed by atoms with E-state index in [1.165, 1.54) is 0 Å². The van der Waals surface area contributed by atoms with Crippen molar-refractivity contribution in [1.82, 2.24) is 20.1 Å². The van der Waals surface area contributed by atoms with Crippen LogP contribution in [-0.2, 0) is 11.2 Å². The van der Waals surface area contributed by atoms with E-state index < -0.39 is 0 Å². The van der Waals surface area contributed by atoms with Crippen molar-refractivity contribution in [2.75, 3.05) is 31.1 Å². The Bertz CT molecular complexity index is 929. The summed E-state index contributed by atoms with van der Waals surface area (Å²) in [6.07, 6.45) is 0.335. The summed E-state index contributed by atoms with van der Waals surface area (Å²) in [4.78, 5) is 21.2. The lowest BCUT2D eigenvalue weighted by atomic mass is 10.2. The first-order chi connectivity index (χ1) is 13.6. The van der Waals surface area contributed by atoms with Gasteiger partial charge in [0.2, 0.25) is 11.8 Å². The molecule has 0 spiro atoms. The summed E-state index contributed by atoms with van der Waals surface area (Å²) in [6.45, 7) is 6.72. The zero-order valence-electron chi connectivity index (χ0n) is 16.0. The van der Waals surface area contributed by atoms with E-state index in [2.05, 4.69) is 15.2 Å². The second-order valence-electron chi connectivity index (χ2n) is 7.13. The Labute approximate surface area is 168 Å². The molecule has 1 aliphatic rings. The minimum Gasteiger partial charge on any atom is -0.408 e. The fourth-order valence-corrected chi connectivity index (χ4v) is 3.93. The zero-order chi connectivity index (χ0) is 19.5. The summed E-state index contributed by atoms with van der Waals surface area (Å²) in [6, 6.07) is 10.6. The van der Waals surface area contributed by atoms with Gasteiger partial charge in [-0.2, -0.15) is 0 Å². The first-order valence-corrected chi connectivity index (χ1v) is 10.3. The molecule has 0 radical (unpaired) electrons. The van der Waals surface area contributed by atoms with Gasteiger partial charge in [-0.15, -0.1) is 16.4 Å². The topological polar surface area (TPSA) is 75.4 Å². The molecular weight excluding hydrogens is 374 g/mol. The molecule has 146 valence electrons. The van der Waals surface area contributed by atoms with Gasteiger partial charge >= 0.3 is 6.01 Å². The Morgan fingerprint density at radius 1 is 1.14 bits per heavy atom. The van der Waals surface area contributed by atoms with Crippen LogP contribution in [-0.4, -0.2) is 52.2 Å². The van der Waals surface area contributed by atoms with Crippen molar-refractivity contribution in [3.8, 4) is 10.6 Å². The van der Waals surface area contributed by atoms with Crippen molar-refractivity contribution < 1.29 is 9.21 Å². The minimum absolute atomic E-state index is 0.109. The predicted octanol–water partition coefficient (Wildman–Crippen LogP) is 3.21. The van der Waals surface area contributed by atoms with E-state index in [0.29, 0.717) is 44.5 Å². The molecule has 4 rings (SSSR count). The van der Waals surface area contributed by atoms with Crippen LogP contribution in [0.25, 0.3) is 10.6 Å². The van der Waals surface area contributed by atoms with E-state index in [0.717, 1.165) is 16.3 Å². The molecule has 0 N–H and O–H groups in total. The van der Waals surface area contributed by atoms with Crippen LogP contribution in [0.15, 0.2) is 40.1 Å². The number of nitrogens with zero attached hydrogens (tertiary/aromatic N) is 5. The third-order valence-electron chi connectivity index (χ3n) is 4.73. The number of carbonyl (C=O) groups excluding carboxylic acids is 1. The van der Waals surface area contributed by atoms with Gasteiger partial charge in [0.15, 0.2) is 0 Å². The molecular formula is C20H23N5O2S. The molecule has 7 nitrogen and oxygen atoms in total. The number of piperazine rings is 1. The summed E-state index contributed by atoms with van der Waals surface area (Å²) in [5, 5.41) is 11.1. The first kappa shape index (κ1) is 18.6. The fraction of sp³-hybridized carbons (Fsp3) is 0.400. The Kier molecular flexibility index (Phi) is 5.38. The number of amides is 1. The van der Waals surface area contributed by atoms with Crippen molar-refractivity contribution in [3.63, 3.8) is 0 Å². The summed E-state index contributed by atoms with van der Waals surface area (Å²) in [7, 11) is 0. The maximum Gasteiger partial charge on any atom is 0.318 e. The number of rotatable bonds is 5. The number of aromatic nitrogens is 3. The number of hydrogen-bond acceptors (Lipinski definition) is 7. The van der Waals surface area contributed by atoms with Crippen molar-refractivity contribution in [2.24, 2.45) is 0 Å². The Morgan fingerprint density at radius 3 is 2.57 bits per heavy atom. The van der Waals surface area contributed by atoms with Crippen LogP contribution in [0.1, 0.15) is 31.4 Å². The number of hydrogen-bond donors (Lipinski definition) is 0. The van der Waals surface area contributed by atoms with Crippen LogP contribution in [0.4, 0.5) is 6.01 Å². The molecule has 0 bridgehead atoms. The zero-order valence-corrected chi connectivity index (χ0v) is 16.9. The summed E-state index contributed by atoms with van der Waals surface area (Å²) in [5.41, 5.74) is 1.91. The van der Waals surface area contributed by atoms with E-state index in [1.54, 1.807) is 11.3 Å². The Hall–Kier alpha value is -2.74. The largest absolute Gasteiger partial charge is 0.408 e. The van der Waals surface area contributed by atoms with Crippen LogP contribution in [0, 0.1) is 0 Å². The lowest BCUT2D eigenvalue weighted by Crippen LogP contribution is -2.49. The van der Waals surface area contributed by atoms with Crippen LogP contribution in [0.3, 0.4) is 0 Å². The number of benzene rings is 1. The van der Waals surface area contributed by atoms with Gasteiger partial charge in [0.05, 0.1) is 12.1 Å². The highest BCUT2D eigenvalue weighted by atomic mass is 32.1. The van der Waals surface area contributed by atoms with E-state index in [9.17, 15) is 4.79 Å². The highest BCUT2D eigenvalue weighted by molar-refractivity contribution is 7.13. The molecule has 28 heavy (non-hydrogen) atoms. The van der Waals surface area contributed by atoms with Crippen LogP contribution >= 0.6 is 11.3 Å². The molecule has 0 atom stereocenters. The fourth-order valence-electron chi connectivity index (χ4n) is 3.10. The summed E-state index contributed by atoms with van der Waals surface area (Å²) < 4.78 is 5.71. The van der Waals surface area contributed by atoms with Crippen molar-refractivity contribution in [1.29, 1.82) is 0 Å². The minimum atomic E-state index is 0.109. The molecule has 1 fully saturated rings. The molecule has 1 amide bonds. The normalized spacial score (nSPS) is 14.7. The van der Waals surface area contributed by atoms with Gasteiger partial charge in [-0.1, -0.05) is 49.3 Å². The molecule has 3 aromatic rings. The Balaban J connectivity index is 1.32. The molecule has 0 aliphatic carbocycles. The quantitative estimate of drug-likeness (QED) is 0.658. The van der Waals surface area contributed by atoms with Crippen molar-refractivity contribution in [2.45, 2.75) is 26.2 Å². The second kappa shape index (κ2) is 8.10. The molecule has 1 saturated heterocycles. The number of anilines is 1. The lowest BCUT2D eigenvalue weighted by molar-refractivity contribution is -0.130. The molecule has 1 aromatic carbocycles. The van der Waals surface area contributed by atoms with Crippen molar-refractivity contribution in [3.05, 3.63) is 47.3 Å². The average Bonchev–Trinajstić information content (AvgIpc) is 3.39. The van der Waals surface area contributed by atoms with E-state index >= 15 is 0 Å². The summed E-state index contributed by atoms with van der Waals surface area (Å²) in [5.74, 6) is 0.965. The maximum atomic E-state index is 12.7. The van der Waals surface area contributed by atoms with E-state index in [-0.39, 0.29) is 11.8 Å². The standard InChI is InChI=1S/C20H23N5O2S/c1-14(2)18-22-23-20(27-18)25-10-8-24(9-11-25)17(26)12-16-13-28-19(21-16)15-6-4-3-5-7-15/h3-7,13-14H,8-12H2,1-2H3. The van der Waals surface area contributed by atoms with Gasteiger partial charge in [0.25, 0.3) is 0 Å². The van der Waals surface area contributed by atoms with Gasteiger partial charge < -0.3 is 14.2 Å². The van der Waals surface area contributed by atoms with Crippen LogP contribution < -0.4 is 4.90 Å². The molecule has 3 heterocycles. The molecule has 2 aromatic heterocycles. The Morgan fingerprint density at radius 2 is 1.89 bits per heavy atom. The highest BCUT2D eigenvalue weighted by Crippen LogP contribution is 2.24. The molecule has 0 saturated carbocycles. The van der Waals surface area contributed by atoms with Gasteiger partial charge in [0, 0.05) is 43.0 Å². The number of thiazole rings is 1. The van der Waals surface area contributed by atoms with E-state index in [1.807, 2.05) is 59.4 Å². The third kappa shape index (κ3) is 4.06. The van der Waals surface area contributed by atoms with Gasteiger partial charge in [-0.3, -0.25) is 4.79 Å². The third-order valence-corrected chi connectivity index (χ3v) is 5.67. The van der Waals surface area contributed by atoms with Crippen LogP contribution in [0.5, 0.6) is 0 Å². The highest BCUT2D eigenvalue weighted by Gasteiger charge is 2.25. The van der Waals surface area contributed by atoms with Gasteiger partial charge in [0.1, 0.15) is 5.01 Å². The molecule has 0 unspecified atom stereocenters. The summed E-state index contributed by atoms with van der Waals surface area (Å²) >= 11 is 1.58. The van der Waals surface area contributed by atoms with Crippen molar-refractivity contribution >= 4 is 23.3 Å². The monoisotopic (exact) mass is 397 g/mol. The number of carbonyl (C=O) groups is 1. The van der Waals surface area contributed by atoms with Gasteiger partial charge in [-0.25, -0.2) is 4.98 Å². The second-order valence-corrected chi connectivity index (χ2v) is 7.99. The SMILES string of the molecule is CC(C)c1nnc(N2CCN(C(=O)Cc3csc(-c4ccccc4)n3)CC2)o1. The predicted molar refractivity (Wildman–Crippen MR) is 108 cm³/mol. The maximum absolute atomic E-state index is 12.7. The van der Waals surface area contributed by atoms with Gasteiger partial charge in [-0.05, 0) is 0 Å². The van der Waals surface area contributed by atoms with Crippen LogP contribution in [0.2, 0.25) is 0 Å². The molecule has 8 heteroatoms.